The summed E-state index contributed by atoms with van der Waals surface area (Å²) in [6.07, 6.45) is -51.0. The van der Waals surface area contributed by atoms with Crippen LogP contribution in [-0.2, 0) is 114 Å². The molecule has 5 aliphatic carbocycles. The van der Waals surface area contributed by atoms with E-state index in [1.165, 1.54) is 39.0 Å². The first-order valence-corrected chi connectivity index (χ1v) is 48.1. The molecule has 44 nitrogen and oxygen atoms in total. The Morgan fingerprint density at radius 2 is 1.15 bits per heavy atom. The van der Waals surface area contributed by atoms with Gasteiger partial charge in [0, 0.05) is 25.5 Å². The first-order valence-electron chi connectivity index (χ1n) is 48.1. The van der Waals surface area contributed by atoms with Gasteiger partial charge in [0.05, 0.1) is 70.7 Å². The summed E-state index contributed by atoms with van der Waals surface area (Å²) >= 11 is 0. The number of esters is 4. The van der Waals surface area contributed by atoms with Crippen LogP contribution in [0.25, 0.3) is 6.08 Å². The zero-order valence-electron chi connectivity index (χ0n) is 80.4. The summed E-state index contributed by atoms with van der Waals surface area (Å²) in [6.45, 7) is 17.0. The van der Waals surface area contributed by atoms with Crippen LogP contribution in [0.3, 0.4) is 0 Å². The minimum absolute atomic E-state index is 0.00569. The quantitative estimate of drug-likeness (QED) is 0.0113. The molecule has 1 aromatic carbocycles. The van der Waals surface area contributed by atoms with Crippen LogP contribution in [0.4, 0.5) is 0 Å². The lowest BCUT2D eigenvalue weighted by Crippen LogP contribution is -2.70. The summed E-state index contributed by atoms with van der Waals surface area (Å²) in [6, 6.07) is 7.01. The van der Waals surface area contributed by atoms with Crippen LogP contribution in [0, 0.1) is 50.2 Å². The molecule has 8 heterocycles. The fourth-order valence-electron chi connectivity index (χ4n) is 23.8. The number of ether oxygens (including phenoxy) is 19. The Hall–Kier alpha value is -5.83. The predicted molar refractivity (Wildman–Crippen MR) is 473 cm³/mol. The average Bonchev–Trinajstić information content (AvgIpc) is 0.669. The maximum absolute atomic E-state index is 16.8. The lowest BCUT2D eigenvalue weighted by atomic mass is 9.33. The molecule has 790 valence electrons. The number of rotatable bonds is 31. The molecule has 0 bridgehead atoms. The van der Waals surface area contributed by atoms with Crippen LogP contribution in [0.5, 0.6) is 0 Å². The van der Waals surface area contributed by atoms with E-state index >= 15 is 4.79 Å². The highest BCUT2D eigenvalue weighted by Crippen LogP contribution is 2.76. The van der Waals surface area contributed by atoms with E-state index in [4.69, 9.17) is 90.0 Å². The second-order valence-electron chi connectivity index (χ2n) is 42.4. The number of benzene rings is 1. The lowest BCUT2D eigenvalue weighted by molar-refractivity contribution is -0.382. The molecular weight excluding hydrogens is 1860 g/mol. The van der Waals surface area contributed by atoms with Gasteiger partial charge in [-0.15, -0.1) is 6.58 Å². The molecule has 0 aromatic heterocycles. The van der Waals surface area contributed by atoms with E-state index in [0.29, 0.717) is 50.5 Å². The van der Waals surface area contributed by atoms with Gasteiger partial charge in [-0.05, 0) is 141 Å². The highest BCUT2D eigenvalue weighted by molar-refractivity contribution is 5.88. The Kier molecular flexibility index (Phi) is 34.5. The number of fused-ring (bicyclic) bond motifs is 7. The first kappa shape index (κ1) is 110. The number of aliphatic hydroxyl groups is 19. The van der Waals surface area contributed by atoms with E-state index in [1.807, 2.05) is 0 Å². The molecule has 44 atom stereocenters. The highest BCUT2D eigenvalue weighted by Gasteiger charge is 2.73. The van der Waals surface area contributed by atoms with Crippen molar-refractivity contribution in [2.45, 2.75) is 373 Å². The zero-order valence-corrected chi connectivity index (χ0v) is 80.4. The van der Waals surface area contributed by atoms with E-state index in [-0.39, 0.29) is 43.1 Å². The second-order valence-corrected chi connectivity index (χ2v) is 42.4. The number of aliphatic hydroxyl groups excluding tert-OH is 17. The van der Waals surface area contributed by atoms with Crippen molar-refractivity contribution in [1.29, 1.82) is 0 Å². The van der Waals surface area contributed by atoms with Gasteiger partial charge in [0.1, 0.15) is 152 Å². The van der Waals surface area contributed by atoms with Crippen LogP contribution >= 0.6 is 0 Å². The smallest absolute Gasteiger partial charge is 0.333 e. The van der Waals surface area contributed by atoms with Crippen molar-refractivity contribution in [2.24, 2.45) is 50.2 Å². The number of hydrogen-bond donors (Lipinski definition) is 20. The van der Waals surface area contributed by atoms with Crippen molar-refractivity contribution in [3.8, 4) is 0 Å². The molecule has 44 heteroatoms. The maximum Gasteiger partial charge on any atom is 0.333 e. The van der Waals surface area contributed by atoms with E-state index < -0.39 is 354 Å². The Balaban J connectivity index is 0.767. The molecule has 12 fully saturated rings. The minimum atomic E-state index is -2.26. The summed E-state index contributed by atoms with van der Waals surface area (Å²) in [5, 5.41) is 218. The van der Waals surface area contributed by atoms with Crippen molar-refractivity contribution in [3.63, 3.8) is 0 Å². The standard InChI is InChI=1S/C96H143NO43/c1-13-91(9,120)27-17-18-43(2)79(118)134-73-52(105)38-126-85(76(73)133-60(107)24-21-46-19-15-14-16-20-46)138-75-64(110)54(39-122-45(4)101)130-86(77(75)139-83-70(116)72(51(104)37-125-83)136-87-78(117)95(121,41-99)42-128-87)140-88(119)96-31-30-89(5,6)32-48(96)47-22-23-57-92(10)28-26-59(90(7,8)56(92)25-29-93(57,11)94(47,12)33-58(96)106)132-80-61(97-44(3)100)65(111)74(137-84-68(114)66(112)63(109)53(34-98)129-84)55(131-80)40-127-81-69(115)71(50(103)36-123-81)135-82-67(113)62(108)49(102)35-124-82/h13-16,18-22,24,48-59,61-78,80-87,98-99,102-106,108-117,120-121H,1,17,23,25-42H2,2-12H3,(H,97,100)/b24-21+,43-18+/t48-,49+,50-,51+,52+,53+,54+,55+,56-,57+,58+,59-,61+,62-,63+,64+,65+,66-,67+,68+,69+,70+,71-,72-,73-,74+,75-,76+,77+,78-,80-,81-,82-,83-,84-,85-,86-,87-,91+,92-,93+,94+,95+,96+/m0/s1. The van der Waals surface area contributed by atoms with E-state index in [9.17, 15) is 116 Å². The van der Waals surface area contributed by atoms with Gasteiger partial charge in [0.25, 0.3) is 0 Å². The Morgan fingerprint density at radius 3 is 1.80 bits per heavy atom. The molecule has 8 aliphatic heterocycles. The van der Waals surface area contributed by atoms with Gasteiger partial charge >= 0.3 is 23.9 Å². The van der Waals surface area contributed by atoms with E-state index in [2.05, 4.69) is 66.4 Å². The predicted octanol–water partition coefficient (Wildman–Crippen LogP) is -3.38. The molecule has 20 N–H and O–H groups in total. The molecule has 13 aliphatic rings. The number of amides is 1. The van der Waals surface area contributed by atoms with Crippen LogP contribution in [0.2, 0.25) is 0 Å². The maximum atomic E-state index is 16.8. The summed E-state index contributed by atoms with van der Waals surface area (Å²) in [5.74, 6) is -5.91. The molecule has 140 heavy (non-hydrogen) atoms. The van der Waals surface area contributed by atoms with Crippen molar-refractivity contribution in [1.82, 2.24) is 5.32 Å². The SMILES string of the molecule is C=C[C@@](C)(O)CC/C=C(\C)C(=O)O[C@@H]1[C@@H](OC(=O)/C=C/c2ccccc2)[C@H](O[C@H]2[C@H](O)[C@@H](COC(C)=O)O[C@@H](OC(=O)[C@]34CCC(C)(C)C[C@H]3C3=CC[C@@H]5[C@@]6(C)CC[C@H](O[C@@H]7O[C@H](CO[C@@H]8OC[C@H](O)[C@H](O[C@@H]9OC[C@@H](O)[C@H](O)[C@H]9O)[C@H]8O)[C@@H](O[C@@H]8O[C@H](CO)[C@@H](O)[C@H](O)[C@H]8O)[C@H](O)[C@H]7NC(C)=O)C(C)(C)[C@@H]6CC[C@@]5(C)[C@]3(C)C[C@H]4O)[C@@H]2O[C@@H]2OC[C@@H](O)[C@H](O[C@@H]3OC[C@](O)(CO)[C@H]3O)[C@H]2O)OC[C@H]1O. The second kappa shape index (κ2) is 43.9. The van der Waals surface area contributed by atoms with Gasteiger partial charge in [-0.25, -0.2) is 9.59 Å². The third-order valence-corrected chi connectivity index (χ3v) is 32.2. The molecule has 8 saturated heterocycles. The van der Waals surface area contributed by atoms with Crippen molar-refractivity contribution in [3.05, 3.63) is 77.9 Å². The third kappa shape index (κ3) is 22.0. The Morgan fingerprint density at radius 1 is 0.550 bits per heavy atom. The van der Waals surface area contributed by atoms with Gasteiger partial charge in [-0.1, -0.05) is 103 Å². The molecule has 14 rings (SSSR count). The highest BCUT2D eigenvalue weighted by atomic mass is 16.8. The van der Waals surface area contributed by atoms with Gasteiger partial charge in [-0.2, -0.15) is 0 Å². The molecule has 1 aromatic rings. The summed E-state index contributed by atoms with van der Waals surface area (Å²) in [5.41, 5.74) is -7.53. The summed E-state index contributed by atoms with van der Waals surface area (Å²) in [7, 11) is 0. The van der Waals surface area contributed by atoms with Gasteiger partial charge in [-0.3, -0.25) is 14.4 Å². The van der Waals surface area contributed by atoms with Gasteiger partial charge in [0.15, 0.2) is 62.3 Å². The molecule has 0 spiro atoms. The molecule has 1 amide bonds. The van der Waals surface area contributed by atoms with Crippen molar-refractivity contribution >= 4 is 35.9 Å². The Bertz CT molecular complexity index is 4500. The van der Waals surface area contributed by atoms with E-state index in [0.717, 1.165) is 18.6 Å². The van der Waals surface area contributed by atoms with Crippen LogP contribution in [-0.4, -0.2) is 413 Å². The monoisotopic (exact) mass is 2000 g/mol. The van der Waals surface area contributed by atoms with Crippen molar-refractivity contribution < 1.29 is 211 Å². The fraction of sp³-hybridized carbons (Fsp3) is 0.802. The number of nitrogens with one attached hydrogen (secondary N) is 1. The average molecular weight is 2000 g/mol. The number of carbonyl (C=O) groups excluding carboxylic acids is 5. The molecule has 0 unspecified atom stereocenters. The third-order valence-electron chi connectivity index (χ3n) is 32.2. The van der Waals surface area contributed by atoms with Gasteiger partial charge < -0.3 is 192 Å². The van der Waals surface area contributed by atoms with Crippen LogP contribution < -0.4 is 5.32 Å². The Labute approximate surface area is 809 Å². The molecule has 0 radical (unpaired) electrons. The number of carbonyl (C=O) groups is 5. The van der Waals surface area contributed by atoms with E-state index in [1.54, 1.807) is 30.3 Å². The lowest BCUT2D eigenvalue weighted by Gasteiger charge is -2.72. The summed E-state index contributed by atoms with van der Waals surface area (Å²) in [4.78, 5) is 71.7. The number of allylic oxidation sites excluding steroid dienone is 3. The summed E-state index contributed by atoms with van der Waals surface area (Å²) < 4.78 is 117. The van der Waals surface area contributed by atoms with Crippen LogP contribution in [0.15, 0.2) is 72.4 Å². The fourth-order valence-corrected chi connectivity index (χ4v) is 23.8. The largest absolute Gasteiger partial charge is 0.463 e. The zero-order chi connectivity index (χ0) is 102. The van der Waals surface area contributed by atoms with Crippen molar-refractivity contribution in [2.75, 3.05) is 59.5 Å². The number of hydrogen-bond acceptors (Lipinski definition) is 43. The first-order chi connectivity index (χ1) is 65.9. The topological polar surface area (TPSA) is 657 Å². The van der Waals surface area contributed by atoms with Crippen LogP contribution in [0.1, 0.15) is 152 Å². The van der Waals surface area contributed by atoms with Gasteiger partial charge in [0.2, 0.25) is 12.2 Å². The molecular formula is C96H143NO43. The minimum Gasteiger partial charge on any atom is -0.463 e. The molecule has 4 saturated carbocycles. The normalized spacial score (nSPS) is 46.2.